The van der Waals surface area contributed by atoms with Crippen molar-refractivity contribution in [3.63, 3.8) is 0 Å². The molecule has 0 radical (unpaired) electrons. The van der Waals surface area contributed by atoms with Crippen LogP contribution in [-0.4, -0.2) is 27.2 Å². The molecular weight excluding hydrogens is 246 g/mol. The van der Waals surface area contributed by atoms with E-state index in [9.17, 15) is 4.21 Å². The molecular formula is C10H16ClN3OS. The highest BCUT2D eigenvalue weighted by Gasteiger charge is 2.05. The number of anilines is 2. The number of hydrogen-bond donors (Lipinski definition) is 2. The minimum atomic E-state index is -0.788. The molecule has 0 aliphatic rings. The van der Waals surface area contributed by atoms with Crippen molar-refractivity contribution in [1.82, 2.24) is 4.98 Å². The van der Waals surface area contributed by atoms with Gasteiger partial charge in [-0.2, -0.15) is 0 Å². The molecule has 2 atom stereocenters. The maximum absolute atomic E-state index is 11.1. The molecule has 1 heterocycles. The van der Waals surface area contributed by atoms with Crippen molar-refractivity contribution in [1.29, 1.82) is 0 Å². The second-order valence-corrected chi connectivity index (χ2v) is 5.82. The predicted molar refractivity (Wildman–Crippen MR) is 70.3 cm³/mol. The van der Waals surface area contributed by atoms with Crippen molar-refractivity contribution in [3.05, 3.63) is 17.3 Å². The Morgan fingerprint density at radius 2 is 2.31 bits per heavy atom. The average Bonchev–Trinajstić information content (AvgIpc) is 2.15. The van der Waals surface area contributed by atoms with E-state index in [1.165, 1.54) is 0 Å². The molecule has 1 aromatic heterocycles. The molecule has 4 nitrogen and oxygen atoms in total. The number of rotatable bonds is 5. The summed E-state index contributed by atoms with van der Waals surface area (Å²) in [5.41, 5.74) is 6.20. The molecule has 0 fully saturated rings. The van der Waals surface area contributed by atoms with Crippen molar-refractivity contribution in [3.8, 4) is 0 Å². The van der Waals surface area contributed by atoms with Gasteiger partial charge in [-0.15, -0.1) is 0 Å². The molecule has 0 amide bonds. The quantitative estimate of drug-likeness (QED) is 0.795. The first-order chi connectivity index (χ1) is 7.49. The lowest BCUT2D eigenvalue weighted by Crippen LogP contribution is -2.15. The Kier molecular flexibility index (Phi) is 5.02. The maximum atomic E-state index is 11.1. The third-order valence-corrected chi connectivity index (χ3v) is 3.80. The van der Waals surface area contributed by atoms with Gasteiger partial charge in [0.1, 0.15) is 11.0 Å². The minimum absolute atomic E-state index is 0.170. The standard InChI is InChI=1S/C10H16ClN3OS/c1-7(16(2)15)3-4-13-10-6-8(12)5-9(11)14-10/h5-7H,3-4H2,1-2H3,(H3,12,13,14). The number of nitrogens with two attached hydrogens (primary N) is 1. The topological polar surface area (TPSA) is 68.0 Å². The van der Waals surface area contributed by atoms with Crippen LogP contribution in [0.4, 0.5) is 11.5 Å². The lowest BCUT2D eigenvalue weighted by molar-refractivity contribution is 0.672. The molecule has 0 saturated carbocycles. The van der Waals surface area contributed by atoms with Crippen molar-refractivity contribution >= 4 is 33.9 Å². The van der Waals surface area contributed by atoms with Gasteiger partial charge >= 0.3 is 0 Å². The molecule has 16 heavy (non-hydrogen) atoms. The summed E-state index contributed by atoms with van der Waals surface area (Å²) in [5.74, 6) is 0.652. The van der Waals surface area contributed by atoms with Gasteiger partial charge in [0.05, 0.1) is 0 Å². The van der Waals surface area contributed by atoms with E-state index in [0.29, 0.717) is 23.2 Å². The summed E-state index contributed by atoms with van der Waals surface area (Å²) in [6.45, 7) is 2.66. The molecule has 0 saturated heterocycles. The van der Waals surface area contributed by atoms with Gasteiger partial charge in [0, 0.05) is 40.6 Å². The average molecular weight is 262 g/mol. The van der Waals surface area contributed by atoms with E-state index in [0.717, 1.165) is 6.42 Å². The van der Waals surface area contributed by atoms with E-state index < -0.39 is 10.8 Å². The van der Waals surface area contributed by atoms with Crippen molar-refractivity contribution in [2.75, 3.05) is 23.9 Å². The van der Waals surface area contributed by atoms with Crippen LogP contribution in [0.1, 0.15) is 13.3 Å². The predicted octanol–water partition coefficient (Wildman–Crippen LogP) is 1.89. The van der Waals surface area contributed by atoms with Gasteiger partial charge < -0.3 is 11.1 Å². The first-order valence-corrected chi connectivity index (χ1v) is 6.98. The summed E-state index contributed by atoms with van der Waals surface area (Å²) < 4.78 is 11.1. The van der Waals surface area contributed by atoms with E-state index in [1.807, 2.05) is 6.92 Å². The van der Waals surface area contributed by atoms with E-state index in [2.05, 4.69) is 10.3 Å². The van der Waals surface area contributed by atoms with Crippen LogP contribution in [0.15, 0.2) is 12.1 Å². The highest BCUT2D eigenvalue weighted by atomic mass is 35.5. The van der Waals surface area contributed by atoms with Gasteiger partial charge in [-0.1, -0.05) is 18.5 Å². The molecule has 0 bridgehead atoms. The van der Waals surface area contributed by atoms with Crippen LogP contribution in [0.25, 0.3) is 0 Å². The molecule has 0 spiro atoms. The van der Waals surface area contributed by atoms with Gasteiger partial charge in [-0.05, 0) is 12.5 Å². The number of nitrogens with one attached hydrogen (secondary N) is 1. The van der Waals surface area contributed by atoms with Crippen molar-refractivity contribution in [2.45, 2.75) is 18.6 Å². The summed E-state index contributed by atoms with van der Waals surface area (Å²) in [5, 5.41) is 3.64. The molecule has 6 heteroatoms. The number of halogens is 1. The second-order valence-electron chi connectivity index (χ2n) is 3.63. The zero-order chi connectivity index (χ0) is 12.1. The SMILES string of the molecule is CC(CCNc1cc(N)cc(Cl)n1)S(C)=O. The number of hydrogen-bond acceptors (Lipinski definition) is 4. The second kappa shape index (κ2) is 6.06. The Balaban J connectivity index is 2.46. The Morgan fingerprint density at radius 3 is 2.88 bits per heavy atom. The van der Waals surface area contributed by atoms with Crippen LogP contribution < -0.4 is 11.1 Å². The van der Waals surface area contributed by atoms with Gasteiger partial charge in [-0.3, -0.25) is 4.21 Å². The molecule has 0 aliphatic heterocycles. The number of nitrogens with zero attached hydrogens (tertiary/aromatic N) is 1. The Bertz CT molecular complexity index is 366. The number of aromatic nitrogens is 1. The molecule has 3 N–H and O–H groups in total. The molecule has 90 valence electrons. The summed E-state index contributed by atoms with van der Waals surface area (Å²) in [6.07, 6.45) is 2.53. The molecule has 0 aliphatic carbocycles. The van der Waals surface area contributed by atoms with Crippen LogP contribution in [-0.2, 0) is 10.8 Å². The zero-order valence-electron chi connectivity index (χ0n) is 9.37. The summed E-state index contributed by atoms with van der Waals surface area (Å²) in [7, 11) is -0.788. The van der Waals surface area contributed by atoms with E-state index in [-0.39, 0.29) is 5.25 Å². The van der Waals surface area contributed by atoms with Crippen LogP contribution in [0.3, 0.4) is 0 Å². The first kappa shape index (κ1) is 13.3. The minimum Gasteiger partial charge on any atom is -0.399 e. The van der Waals surface area contributed by atoms with E-state index >= 15 is 0 Å². The van der Waals surface area contributed by atoms with Gasteiger partial charge in [0.2, 0.25) is 0 Å². The monoisotopic (exact) mass is 261 g/mol. The zero-order valence-corrected chi connectivity index (χ0v) is 10.9. The summed E-state index contributed by atoms with van der Waals surface area (Å²) >= 11 is 5.76. The number of pyridine rings is 1. The van der Waals surface area contributed by atoms with Crippen LogP contribution >= 0.6 is 11.6 Å². The third-order valence-electron chi connectivity index (χ3n) is 2.24. The van der Waals surface area contributed by atoms with Gasteiger partial charge in [0.25, 0.3) is 0 Å². The molecule has 2 unspecified atom stereocenters. The molecule has 1 aromatic rings. The fraction of sp³-hybridized carbons (Fsp3) is 0.500. The highest BCUT2D eigenvalue weighted by molar-refractivity contribution is 7.84. The molecule has 0 aromatic carbocycles. The molecule has 1 rings (SSSR count). The van der Waals surface area contributed by atoms with Crippen LogP contribution in [0, 0.1) is 0 Å². The van der Waals surface area contributed by atoms with Gasteiger partial charge in [-0.25, -0.2) is 4.98 Å². The lowest BCUT2D eigenvalue weighted by Gasteiger charge is -2.10. The maximum Gasteiger partial charge on any atom is 0.133 e. The normalized spacial score (nSPS) is 14.4. The first-order valence-electron chi connectivity index (χ1n) is 4.98. The van der Waals surface area contributed by atoms with Crippen molar-refractivity contribution < 1.29 is 4.21 Å². The van der Waals surface area contributed by atoms with Gasteiger partial charge in [0.15, 0.2) is 0 Å². The Morgan fingerprint density at radius 1 is 1.62 bits per heavy atom. The smallest absolute Gasteiger partial charge is 0.133 e. The summed E-state index contributed by atoms with van der Waals surface area (Å²) in [6, 6.07) is 3.32. The lowest BCUT2D eigenvalue weighted by atomic mass is 10.3. The van der Waals surface area contributed by atoms with Crippen LogP contribution in [0.5, 0.6) is 0 Å². The largest absolute Gasteiger partial charge is 0.399 e. The van der Waals surface area contributed by atoms with E-state index in [1.54, 1.807) is 18.4 Å². The fourth-order valence-corrected chi connectivity index (χ4v) is 1.84. The van der Waals surface area contributed by atoms with Crippen LogP contribution in [0.2, 0.25) is 5.15 Å². The van der Waals surface area contributed by atoms with Crippen molar-refractivity contribution in [2.24, 2.45) is 0 Å². The fourth-order valence-electron chi connectivity index (χ4n) is 1.18. The Hall–Kier alpha value is -0.810. The Labute approximate surface area is 103 Å². The summed E-state index contributed by atoms with van der Waals surface area (Å²) in [4.78, 5) is 4.07. The van der Waals surface area contributed by atoms with E-state index in [4.69, 9.17) is 17.3 Å². The highest BCUT2D eigenvalue weighted by Crippen LogP contribution is 2.15. The third kappa shape index (κ3) is 4.37. The number of nitrogen functional groups attached to an aromatic ring is 1.